The summed E-state index contributed by atoms with van der Waals surface area (Å²) in [5.74, 6) is 0. The predicted octanol–water partition coefficient (Wildman–Crippen LogP) is 3.04. The Hall–Kier alpha value is 0.0287. The summed E-state index contributed by atoms with van der Waals surface area (Å²) in [6.07, 6.45) is 4.70. The van der Waals surface area contributed by atoms with Gasteiger partial charge in [-0.05, 0) is 0 Å². The fourth-order valence-electron chi connectivity index (χ4n) is 1.14. The third kappa shape index (κ3) is 6.72. The number of rotatable bonds is 5. The Morgan fingerprint density at radius 2 is 2.08 bits per heavy atom. The average Bonchev–Trinajstić information content (AvgIpc) is 2.02. The summed E-state index contributed by atoms with van der Waals surface area (Å²) in [5.41, 5.74) is 1.05. The van der Waals surface area contributed by atoms with Crippen molar-refractivity contribution < 1.29 is 0 Å². The second kappa shape index (κ2) is 7.67. The van der Waals surface area contributed by atoms with Crippen molar-refractivity contribution in [3.8, 4) is 6.07 Å². The van der Waals surface area contributed by atoms with Crippen LogP contribution < -0.4 is 0 Å². The van der Waals surface area contributed by atoms with Crippen LogP contribution in [0.15, 0.2) is 9.67 Å². The van der Waals surface area contributed by atoms with Gasteiger partial charge in [-0.25, -0.2) is 0 Å². The SMILES string of the molecule is CCCCCC(C#N)=[CH][SnH]([CH3])[CH3]. The molecule has 0 saturated carbocycles. The minimum atomic E-state index is -1.29. The van der Waals surface area contributed by atoms with Crippen molar-refractivity contribution in [2.45, 2.75) is 42.5 Å². The van der Waals surface area contributed by atoms with E-state index in [-0.39, 0.29) is 0 Å². The van der Waals surface area contributed by atoms with Gasteiger partial charge in [0.2, 0.25) is 0 Å². The van der Waals surface area contributed by atoms with Gasteiger partial charge >= 0.3 is 83.2 Å². The molecule has 0 aliphatic heterocycles. The second-order valence-corrected chi connectivity index (χ2v) is 11.6. The number of nitriles is 1. The summed E-state index contributed by atoms with van der Waals surface area (Å²) < 4.78 is 2.28. The quantitative estimate of drug-likeness (QED) is 0.428. The molecular weight excluding hydrogens is 253 g/mol. The molecule has 1 nitrogen and oxygen atoms in total. The topological polar surface area (TPSA) is 23.8 Å². The van der Waals surface area contributed by atoms with Crippen LogP contribution in [-0.2, 0) is 0 Å². The number of unbranched alkanes of at least 4 members (excludes halogenated alkanes) is 2. The molecule has 0 atom stereocenters. The molecule has 0 bridgehead atoms. The maximum absolute atomic E-state index is 8.79. The van der Waals surface area contributed by atoms with Crippen LogP contribution in [0.1, 0.15) is 32.6 Å². The molecule has 0 N–H and O–H groups in total. The summed E-state index contributed by atoms with van der Waals surface area (Å²) in [6.45, 7) is 2.19. The molecule has 12 heavy (non-hydrogen) atoms. The van der Waals surface area contributed by atoms with Gasteiger partial charge in [0.05, 0.1) is 0 Å². The molecule has 0 spiro atoms. The standard InChI is InChI=1S/C8H12N.2CH3.Sn.H/c1-3-4-5-6-8(2)7-9;;;;/h2H,3-6H2,1H3;2*1H3;;. The molecule has 0 amide bonds. The van der Waals surface area contributed by atoms with Crippen molar-refractivity contribution in [3.63, 3.8) is 0 Å². The second-order valence-electron chi connectivity index (χ2n) is 3.50. The third-order valence-corrected chi connectivity index (χ3v) is 4.78. The fourth-order valence-corrected chi connectivity index (χ4v) is 4.13. The van der Waals surface area contributed by atoms with Gasteiger partial charge in [-0.3, -0.25) is 0 Å². The van der Waals surface area contributed by atoms with Crippen LogP contribution in [0.25, 0.3) is 0 Å². The summed E-state index contributed by atoms with van der Waals surface area (Å²) in [5, 5.41) is 8.79. The van der Waals surface area contributed by atoms with Crippen LogP contribution in [0.5, 0.6) is 0 Å². The molecule has 0 aromatic heterocycles. The molecule has 0 aromatic rings. The van der Waals surface area contributed by atoms with Crippen LogP contribution in [0, 0.1) is 11.3 Å². The summed E-state index contributed by atoms with van der Waals surface area (Å²) in [7, 11) is 0. The maximum atomic E-state index is 8.79. The number of hydrogen-bond acceptors (Lipinski definition) is 1. The molecule has 0 saturated heterocycles. The van der Waals surface area contributed by atoms with Crippen LogP contribution in [-0.4, -0.2) is 19.8 Å². The Labute approximate surface area is 83.2 Å². The van der Waals surface area contributed by atoms with Crippen molar-refractivity contribution in [3.05, 3.63) is 9.67 Å². The summed E-state index contributed by atoms with van der Waals surface area (Å²) in [4.78, 5) is 4.64. The van der Waals surface area contributed by atoms with E-state index in [9.17, 15) is 0 Å². The van der Waals surface area contributed by atoms with E-state index >= 15 is 0 Å². The zero-order valence-electron chi connectivity index (χ0n) is 8.43. The summed E-state index contributed by atoms with van der Waals surface area (Å²) in [6, 6.07) is 2.31. The zero-order valence-corrected chi connectivity index (χ0v) is 11.7. The Morgan fingerprint density at radius 1 is 1.42 bits per heavy atom. The summed E-state index contributed by atoms with van der Waals surface area (Å²) >= 11 is -1.29. The van der Waals surface area contributed by atoms with E-state index < -0.39 is 19.8 Å². The van der Waals surface area contributed by atoms with Crippen LogP contribution in [0.2, 0.25) is 9.88 Å². The van der Waals surface area contributed by atoms with Gasteiger partial charge in [0, 0.05) is 0 Å². The minimum absolute atomic E-state index is 1.01. The van der Waals surface area contributed by atoms with Gasteiger partial charge in [-0.2, -0.15) is 0 Å². The van der Waals surface area contributed by atoms with Gasteiger partial charge in [0.15, 0.2) is 0 Å². The van der Waals surface area contributed by atoms with Gasteiger partial charge < -0.3 is 0 Å². The predicted molar refractivity (Wildman–Crippen MR) is 56.7 cm³/mol. The molecule has 0 aromatic carbocycles. The monoisotopic (exact) mass is 273 g/mol. The molecule has 0 unspecified atom stereocenters. The van der Waals surface area contributed by atoms with Gasteiger partial charge in [0.25, 0.3) is 0 Å². The van der Waals surface area contributed by atoms with Crippen molar-refractivity contribution in [1.29, 1.82) is 5.26 Å². The molecular formula is C10H19NSn. The molecule has 0 heterocycles. The van der Waals surface area contributed by atoms with Gasteiger partial charge in [0.1, 0.15) is 0 Å². The molecule has 0 aliphatic rings. The number of allylic oxidation sites excluding steroid dienone is 1. The molecule has 68 valence electrons. The first-order valence-electron chi connectivity index (χ1n) is 4.81. The molecule has 0 rings (SSSR count). The van der Waals surface area contributed by atoms with Gasteiger partial charge in [-0.1, -0.05) is 0 Å². The van der Waals surface area contributed by atoms with E-state index in [0.717, 1.165) is 12.0 Å². The average molecular weight is 272 g/mol. The Balaban J connectivity index is 3.78. The Kier molecular flexibility index (Phi) is 7.68. The number of hydrogen-bond donors (Lipinski definition) is 0. The van der Waals surface area contributed by atoms with Crippen molar-refractivity contribution in [2.24, 2.45) is 0 Å². The van der Waals surface area contributed by atoms with Gasteiger partial charge in [-0.15, -0.1) is 0 Å². The molecule has 0 fully saturated rings. The Bertz CT molecular complexity index is 177. The third-order valence-electron chi connectivity index (χ3n) is 1.73. The van der Waals surface area contributed by atoms with E-state index in [0.29, 0.717) is 0 Å². The molecule has 0 aliphatic carbocycles. The van der Waals surface area contributed by atoms with E-state index in [4.69, 9.17) is 5.26 Å². The Morgan fingerprint density at radius 3 is 2.50 bits per heavy atom. The van der Waals surface area contributed by atoms with Crippen molar-refractivity contribution >= 4 is 19.8 Å². The molecule has 2 heteroatoms. The zero-order chi connectivity index (χ0) is 9.40. The number of nitrogens with zero attached hydrogens (tertiary/aromatic N) is 1. The molecule has 0 radical (unpaired) electrons. The van der Waals surface area contributed by atoms with Crippen molar-refractivity contribution in [2.75, 3.05) is 0 Å². The fraction of sp³-hybridized carbons (Fsp3) is 0.700. The van der Waals surface area contributed by atoms with E-state index in [1.807, 2.05) is 0 Å². The first-order chi connectivity index (χ1) is 5.70. The first-order valence-corrected chi connectivity index (χ1v) is 13.3. The van der Waals surface area contributed by atoms with Crippen molar-refractivity contribution in [1.82, 2.24) is 0 Å². The van der Waals surface area contributed by atoms with Crippen LogP contribution >= 0.6 is 0 Å². The van der Waals surface area contributed by atoms with Crippen LogP contribution in [0.3, 0.4) is 0 Å². The first kappa shape index (κ1) is 12.0. The van der Waals surface area contributed by atoms with E-state index in [1.54, 1.807) is 0 Å². The van der Waals surface area contributed by atoms with E-state index in [2.05, 4.69) is 27.0 Å². The van der Waals surface area contributed by atoms with Crippen LogP contribution in [0.4, 0.5) is 0 Å². The normalized spacial score (nSPS) is 11.8. The van der Waals surface area contributed by atoms with E-state index in [1.165, 1.54) is 19.3 Å².